The fraction of sp³-hybridized carbons (Fsp3) is 0.0417. The zero-order valence-corrected chi connectivity index (χ0v) is 18.6. The number of sulfonamides is 1. The lowest BCUT2D eigenvalue weighted by Gasteiger charge is -2.14. The Balaban J connectivity index is 1.92. The standard InChI is InChI=1S/C24H21N3O5S/c1-4-17(3)26-33(31,32)23-15-19(10-9-16(23)2)24(28)25-22-8-6-5-7-21(22)18-11-13-20(14-12-18)27(29)30/h4-15,26H,1,3H2,2H3,(H,25,28). The first kappa shape index (κ1) is 23.4. The molecule has 0 unspecified atom stereocenters. The normalized spacial score (nSPS) is 10.8. The molecule has 8 nitrogen and oxygen atoms in total. The summed E-state index contributed by atoms with van der Waals surface area (Å²) < 4.78 is 27.6. The van der Waals surface area contributed by atoms with Gasteiger partial charge in [-0.05, 0) is 54.5 Å². The van der Waals surface area contributed by atoms with Gasteiger partial charge in [-0.1, -0.05) is 37.4 Å². The molecule has 9 heteroatoms. The lowest BCUT2D eigenvalue weighted by molar-refractivity contribution is -0.384. The number of hydrogen-bond donors (Lipinski definition) is 2. The van der Waals surface area contributed by atoms with Gasteiger partial charge >= 0.3 is 0 Å². The van der Waals surface area contributed by atoms with Crippen LogP contribution in [0.2, 0.25) is 0 Å². The highest BCUT2D eigenvalue weighted by Gasteiger charge is 2.20. The van der Waals surface area contributed by atoms with Crippen LogP contribution in [0.3, 0.4) is 0 Å². The highest BCUT2D eigenvalue weighted by Crippen LogP contribution is 2.30. The summed E-state index contributed by atoms with van der Waals surface area (Å²) >= 11 is 0. The molecule has 0 aliphatic heterocycles. The molecule has 0 aromatic heterocycles. The van der Waals surface area contributed by atoms with Crippen LogP contribution in [0.15, 0.2) is 96.6 Å². The molecule has 0 saturated heterocycles. The van der Waals surface area contributed by atoms with Crippen molar-refractivity contribution in [3.05, 3.63) is 113 Å². The molecule has 0 spiro atoms. The fourth-order valence-corrected chi connectivity index (χ4v) is 4.41. The third-order valence-corrected chi connectivity index (χ3v) is 6.37. The van der Waals surface area contributed by atoms with Gasteiger partial charge in [-0.2, -0.15) is 0 Å². The van der Waals surface area contributed by atoms with Gasteiger partial charge in [0.2, 0.25) is 0 Å². The third kappa shape index (κ3) is 5.34. The number of benzene rings is 3. The van der Waals surface area contributed by atoms with E-state index in [-0.39, 0.29) is 21.8 Å². The molecule has 3 rings (SSSR count). The summed E-state index contributed by atoms with van der Waals surface area (Å²) in [7, 11) is -3.95. The molecule has 33 heavy (non-hydrogen) atoms. The first-order valence-corrected chi connectivity index (χ1v) is 11.2. The van der Waals surface area contributed by atoms with Gasteiger partial charge in [0.25, 0.3) is 21.6 Å². The summed E-state index contributed by atoms with van der Waals surface area (Å²) in [6, 6.07) is 17.3. The van der Waals surface area contributed by atoms with Crippen molar-refractivity contribution in [2.45, 2.75) is 11.8 Å². The number of carbonyl (C=O) groups is 1. The largest absolute Gasteiger partial charge is 0.321 e. The molecule has 0 aliphatic carbocycles. The van der Waals surface area contributed by atoms with Gasteiger partial charge in [0.15, 0.2) is 0 Å². The molecule has 168 valence electrons. The van der Waals surface area contributed by atoms with Crippen molar-refractivity contribution < 1.29 is 18.1 Å². The number of nitrogens with zero attached hydrogens (tertiary/aromatic N) is 1. The minimum absolute atomic E-state index is 0.0404. The Kier molecular flexibility index (Phi) is 6.74. The summed E-state index contributed by atoms with van der Waals surface area (Å²) in [6.07, 6.45) is 1.28. The van der Waals surface area contributed by atoms with Gasteiger partial charge in [-0.15, -0.1) is 0 Å². The molecule has 3 aromatic carbocycles. The van der Waals surface area contributed by atoms with Crippen molar-refractivity contribution in [2.24, 2.45) is 0 Å². The Bertz CT molecular complexity index is 1360. The molecule has 0 bridgehead atoms. The number of nitrogens with one attached hydrogen (secondary N) is 2. The highest BCUT2D eigenvalue weighted by molar-refractivity contribution is 7.89. The summed E-state index contributed by atoms with van der Waals surface area (Å²) in [4.78, 5) is 23.3. The Morgan fingerprint density at radius 3 is 2.36 bits per heavy atom. The van der Waals surface area contributed by atoms with Crippen molar-refractivity contribution in [3.63, 3.8) is 0 Å². The van der Waals surface area contributed by atoms with Crippen molar-refractivity contribution in [1.29, 1.82) is 0 Å². The quantitative estimate of drug-likeness (QED) is 0.283. The summed E-state index contributed by atoms with van der Waals surface area (Å²) in [5, 5.41) is 13.7. The van der Waals surface area contributed by atoms with Crippen LogP contribution >= 0.6 is 0 Å². The van der Waals surface area contributed by atoms with E-state index >= 15 is 0 Å². The van der Waals surface area contributed by atoms with E-state index in [1.165, 1.54) is 30.3 Å². The first-order valence-electron chi connectivity index (χ1n) is 9.72. The van der Waals surface area contributed by atoms with Crippen LogP contribution in [0.5, 0.6) is 0 Å². The number of anilines is 1. The number of non-ortho nitro benzene ring substituents is 1. The van der Waals surface area contributed by atoms with E-state index in [0.717, 1.165) is 0 Å². The van der Waals surface area contributed by atoms with Crippen LogP contribution in [0.25, 0.3) is 11.1 Å². The van der Waals surface area contributed by atoms with E-state index in [4.69, 9.17) is 0 Å². The van der Waals surface area contributed by atoms with E-state index in [0.29, 0.717) is 22.4 Å². The maximum Gasteiger partial charge on any atom is 0.269 e. The monoisotopic (exact) mass is 463 g/mol. The average molecular weight is 464 g/mol. The molecule has 3 aromatic rings. The van der Waals surface area contributed by atoms with E-state index in [1.54, 1.807) is 49.4 Å². The predicted octanol–water partition coefficient (Wildman–Crippen LogP) is 4.80. The Labute approximate surface area is 191 Å². The van der Waals surface area contributed by atoms with E-state index in [1.807, 2.05) is 0 Å². The van der Waals surface area contributed by atoms with E-state index in [9.17, 15) is 23.3 Å². The number of aryl methyl sites for hydroxylation is 1. The summed E-state index contributed by atoms with van der Waals surface area (Å²) in [5.74, 6) is -0.511. The van der Waals surface area contributed by atoms with Crippen molar-refractivity contribution in [3.8, 4) is 11.1 Å². The first-order chi connectivity index (χ1) is 15.6. The Morgan fingerprint density at radius 1 is 1.06 bits per heavy atom. The molecule has 0 radical (unpaired) electrons. The number of para-hydroxylation sites is 1. The molecule has 0 saturated carbocycles. The van der Waals surface area contributed by atoms with Gasteiger partial charge in [0.05, 0.1) is 9.82 Å². The summed E-state index contributed by atoms with van der Waals surface area (Å²) in [5.41, 5.74) is 2.48. The lowest BCUT2D eigenvalue weighted by atomic mass is 10.0. The molecule has 0 atom stereocenters. The van der Waals surface area contributed by atoms with Gasteiger partial charge in [0, 0.05) is 34.6 Å². The second-order valence-corrected chi connectivity index (χ2v) is 8.77. The molecule has 0 aliphatic rings. The maximum absolute atomic E-state index is 13.0. The zero-order chi connectivity index (χ0) is 24.2. The van der Waals surface area contributed by atoms with Crippen molar-refractivity contribution in [1.82, 2.24) is 4.72 Å². The number of nitro groups is 1. The topological polar surface area (TPSA) is 118 Å². The molecule has 0 heterocycles. The fourth-order valence-electron chi connectivity index (χ4n) is 3.10. The zero-order valence-electron chi connectivity index (χ0n) is 17.7. The smallest absolute Gasteiger partial charge is 0.269 e. The lowest BCUT2D eigenvalue weighted by Crippen LogP contribution is -2.23. The van der Waals surface area contributed by atoms with Crippen LogP contribution in [0.1, 0.15) is 15.9 Å². The molecular weight excluding hydrogens is 442 g/mol. The van der Waals surface area contributed by atoms with Gasteiger partial charge in [-0.3, -0.25) is 19.6 Å². The Morgan fingerprint density at radius 2 is 1.73 bits per heavy atom. The minimum Gasteiger partial charge on any atom is -0.321 e. The second-order valence-electron chi connectivity index (χ2n) is 7.12. The predicted molar refractivity (Wildman–Crippen MR) is 127 cm³/mol. The molecule has 2 N–H and O–H groups in total. The Hall–Kier alpha value is -4.24. The number of hydrogen-bond acceptors (Lipinski definition) is 5. The van der Waals surface area contributed by atoms with Crippen LogP contribution in [0, 0.1) is 17.0 Å². The van der Waals surface area contributed by atoms with Crippen LogP contribution in [0.4, 0.5) is 11.4 Å². The van der Waals surface area contributed by atoms with Crippen LogP contribution in [-0.2, 0) is 10.0 Å². The van der Waals surface area contributed by atoms with Crippen molar-refractivity contribution in [2.75, 3.05) is 5.32 Å². The number of allylic oxidation sites excluding steroid dienone is 1. The summed E-state index contributed by atoms with van der Waals surface area (Å²) in [6.45, 7) is 8.65. The average Bonchev–Trinajstić information content (AvgIpc) is 2.79. The molecule has 1 amide bonds. The number of carbonyl (C=O) groups excluding carboxylic acids is 1. The highest BCUT2D eigenvalue weighted by atomic mass is 32.2. The van der Waals surface area contributed by atoms with Gasteiger partial charge in [0.1, 0.15) is 0 Å². The number of amides is 1. The van der Waals surface area contributed by atoms with E-state index in [2.05, 4.69) is 23.2 Å². The van der Waals surface area contributed by atoms with Crippen molar-refractivity contribution >= 4 is 27.3 Å². The van der Waals surface area contributed by atoms with Crippen LogP contribution in [-0.4, -0.2) is 19.2 Å². The maximum atomic E-state index is 13.0. The van der Waals surface area contributed by atoms with E-state index < -0.39 is 20.9 Å². The second kappa shape index (κ2) is 9.49. The van der Waals surface area contributed by atoms with Gasteiger partial charge < -0.3 is 5.32 Å². The minimum atomic E-state index is -3.95. The molecule has 0 fully saturated rings. The van der Waals surface area contributed by atoms with Crippen LogP contribution < -0.4 is 10.0 Å². The molecular formula is C24H21N3O5S. The number of nitro benzene ring substituents is 1. The SMILES string of the molecule is C=CC(=C)NS(=O)(=O)c1cc(C(=O)Nc2ccccc2-c2ccc([N+](=O)[O-])cc2)ccc1C. The number of rotatable bonds is 8. The van der Waals surface area contributed by atoms with Gasteiger partial charge in [-0.25, -0.2) is 8.42 Å². The third-order valence-electron chi connectivity index (χ3n) is 4.82.